The highest BCUT2D eigenvalue weighted by Crippen LogP contribution is 2.34. The molecule has 1 heterocycles. The Bertz CT molecular complexity index is 812. The molecule has 228 valence electrons. The van der Waals surface area contributed by atoms with Crippen molar-refractivity contribution < 1.29 is 38.8 Å². The van der Waals surface area contributed by atoms with Crippen LogP contribution in [0.4, 0.5) is 0 Å². The fourth-order valence-electron chi connectivity index (χ4n) is 5.60. The molecule has 0 radical (unpaired) electrons. The highest BCUT2D eigenvalue weighted by molar-refractivity contribution is 6.00. The van der Waals surface area contributed by atoms with Gasteiger partial charge in [0.15, 0.2) is 19.1 Å². The summed E-state index contributed by atoms with van der Waals surface area (Å²) in [6.07, 6.45) is -1.20. The maximum Gasteiger partial charge on any atom is 0.316 e. The lowest BCUT2D eigenvalue weighted by atomic mass is 9.78. The summed E-state index contributed by atoms with van der Waals surface area (Å²) in [6, 6.07) is -0.311. The minimum absolute atomic E-state index is 0.0876. The Balaban J connectivity index is 3.23. The monoisotopic (exact) mass is 559 g/mol. The molecule has 0 aliphatic carbocycles. The first-order valence-electron chi connectivity index (χ1n) is 14.4. The van der Waals surface area contributed by atoms with Crippen LogP contribution in [0.3, 0.4) is 0 Å². The molecule has 1 aliphatic rings. The molecule has 0 aromatic heterocycles. The van der Waals surface area contributed by atoms with E-state index in [0.717, 1.165) is 17.8 Å². The number of hydrogen-bond donors (Lipinski definition) is 2. The maximum absolute atomic E-state index is 13.6. The van der Waals surface area contributed by atoms with Crippen LogP contribution in [0.15, 0.2) is 0 Å². The zero-order valence-corrected chi connectivity index (χ0v) is 26.1. The molecule has 2 N–H and O–H groups in total. The van der Waals surface area contributed by atoms with E-state index in [2.05, 4.69) is 11.8 Å². The van der Waals surface area contributed by atoms with Gasteiger partial charge in [0.2, 0.25) is 6.04 Å². The molecule has 1 fully saturated rings. The topological polar surface area (TPSA) is 126 Å². The predicted octanol–water partition coefficient (Wildman–Crippen LogP) is 3.34. The lowest BCUT2D eigenvalue weighted by Gasteiger charge is -2.42. The van der Waals surface area contributed by atoms with Gasteiger partial charge < -0.3 is 29.3 Å². The molecular weight excluding hydrogens is 504 g/mol. The number of carbonyl (C=O) groups excluding carboxylic acids is 2. The van der Waals surface area contributed by atoms with E-state index in [1.54, 1.807) is 34.6 Å². The number of ketones is 1. The second kappa shape index (κ2) is 15.0. The van der Waals surface area contributed by atoms with E-state index in [1.165, 1.54) is 14.0 Å². The first kappa shape index (κ1) is 35.6. The highest BCUT2D eigenvalue weighted by Gasteiger charge is 2.46. The molecule has 1 rings (SSSR count). The zero-order chi connectivity index (χ0) is 30.3. The van der Waals surface area contributed by atoms with E-state index in [1.807, 2.05) is 20.9 Å². The zero-order valence-electron chi connectivity index (χ0n) is 26.1. The van der Waals surface area contributed by atoms with Gasteiger partial charge in [-0.2, -0.15) is 0 Å². The molecule has 39 heavy (non-hydrogen) atoms. The number of nitrogens with zero attached hydrogens (tertiary/aromatic N) is 2. The van der Waals surface area contributed by atoms with Crippen molar-refractivity contribution in [2.24, 2.45) is 17.8 Å². The van der Waals surface area contributed by atoms with Gasteiger partial charge in [0.1, 0.15) is 12.0 Å². The Kier molecular flexibility index (Phi) is 13.6. The molecule has 1 saturated heterocycles. The molecule has 0 amide bonds. The summed E-state index contributed by atoms with van der Waals surface area (Å²) in [7, 11) is 3.47. The lowest BCUT2D eigenvalue weighted by molar-refractivity contribution is -0.571. The number of aliphatic hydroxyl groups is 2. The lowest BCUT2D eigenvalue weighted by Crippen LogP contribution is -2.53. The Hall–Kier alpha value is -1.46. The van der Waals surface area contributed by atoms with Crippen molar-refractivity contribution in [1.29, 1.82) is 0 Å². The number of Topliss-reactive ketones (excluding diaryl/α,β-unsaturated/α-hetero) is 1. The van der Waals surface area contributed by atoms with Gasteiger partial charge >= 0.3 is 5.97 Å². The van der Waals surface area contributed by atoms with Crippen molar-refractivity contribution >= 4 is 11.8 Å². The fourth-order valence-corrected chi connectivity index (χ4v) is 5.60. The standard InChI is InChI=1S/C29H55N2O8/c1-12-23(28(7,8)34)38-27(33)21(6)25(32)20(5)26(29(9,35)16-18(3)17-30(10)13-2)39-24-15-22(31(11)36)14-19(4)37-24/h18-24,26,34-35H,12-17H2,1-11H3/q+1. The van der Waals surface area contributed by atoms with Crippen molar-refractivity contribution in [3.63, 3.8) is 0 Å². The van der Waals surface area contributed by atoms with E-state index in [-0.39, 0.29) is 18.1 Å². The number of nitroso groups, excluding NO2 is 1. The number of rotatable bonds is 16. The van der Waals surface area contributed by atoms with E-state index in [0.29, 0.717) is 25.7 Å². The number of carbonyl (C=O) groups is 2. The largest absolute Gasteiger partial charge is 0.459 e. The van der Waals surface area contributed by atoms with E-state index >= 15 is 0 Å². The number of esters is 1. The van der Waals surface area contributed by atoms with Crippen LogP contribution in [0, 0.1) is 22.7 Å². The van der Waals surface area contributed by atoms with Crippen LogP contribution in [-0.4, -0.2) is 101 Å². The molecule has 10 nitrogen and oxygen atoms in total. The SMILES string of the molecule is CCC(OC(=O)C(C)C(=O)C(C)C(OC1CC([N+](C)=O)CC(C)O1)C(C)(O)CC(C)CN(C)CC)C(C)(C)O. The van der Waals surface area contributed by atoms with Crippen LogP contribution in [0.25, 0.3) is 0 Å². The summed E-state index contributed by atoms with van der Waals surface area (Å²) >= 11 is 0. The average Bonchev–Trinajstić information content (AvgIpc) is 2.82. The van der Waals surface area contributed by atoms with Gasteiger partial charge in [-0.05, 0) is 71.7 Å². The number of ether oxygens (including phenoxy) is 3. The Morgan fingerprint density at radius 2 is 1.72 bits per heavy atom. The molecule has 0 spiro atoms. The Labute approximate surface area is 235 Å². The van der Waals surface area contributed by atoms with Gasteiger partial charge in [-0.25, -0.2) is 0 Å². The van der Waals surface area contributed by atoms with Crippen LogP contribution < -0.4 is 0 Å². The Morgan fingerprint density at radius 1 is 1.13 bits per heavy atom. The van der Waals surface area contributed by atoms with Crippen molar-refractivity contribution in [1.82, 2.24) is 4.90 Å². The molecule has 0 bridgehead atoms. The summed E-state index contributed by atoms with van der Waals surface area (Å²) in [5.41, 5.74) is -2.69. The molecule has 0 aromatic carbocycles. The quantitative estimate of drug-likeness (QED) is 0.166. The smallest absolute Gasteiger partial charge is 0.316 e. The first-order chi connectivity index (χ1) is 17.8. The molecule has 0 saturated carbocycles. The molecular formula is C29H55N2O8+. The molecule has 9 atom stereocenters. The van der Waals surface area contributed by atoms with Crippen molar-refractivity contribution in [2.45, 2.75) is 130 Å². The van der Waals surface area contributed by atoms with Crippen LogP contribution >= 0.6 is 0 Å². The normalized spacial score (nSPS) is 25.7. The van der Waals surface area contributed by atoms with Gasteiger partial charge in [0.25, 0.3) is 0 Å². The first-order valence-corrected chi connectivity index (χ1v) is 14.4. The van der Waals surface area contributed by atoms with Gasteiger partial charge in [0, 0.05) is 23.8 Å². The summed E-state index contributed by atoms with van der Waals surface area (Å²) in [6.45, 7) is 17.2. The number of hydrogen-bond acceptors (Lipinski definition) is 9. The summed E-state index contributed by atoms with van der Waals surface area (Å²) in [5, 5.41) is 22.1. The van der Waals surface area contributed by atoms with Crippen LogP contribution in [0.2, 0.25) is 0 Å². The van der Waals surface area contributed by atoms with Crippen LogP contribution in [-0.2, 0) is 23.8 Å². The van der Waals surface area contributed by atoms with Crippen LogP contribution in [0.5, 0.6) is 0 Å². The van der Waals surface area contributed by atoms with Gasteiger partial charge in [-0.3, -0.25) is 9.59 Å². The second-order valence-corrected chi connectivity index (χ2v) is 12.5. The summed E-state index contributed by atoms with van der Waals surface area (Å²) < 4.78 is 18.7. The van der Waals surface area contributed by atoms with E-state index in [9.17, 15) is 24.7 Å². The predicted molar refractivity (Wildman–Crippen MR) is 149 cm³/mol. The van der Waals surface area contributed by atoms with Crippen molar-refractivity contribution in [2.75, 3.05) is 27.2 Å². The van der Waals surface area contributed by atoms with Crippen molar-refractivity contribution in [3.05, 3.63) is 4.91 Å². The van der Waals surface area contributed by atoms with E-state index in [4.69, 9.17) is 14.2 Å². The van der Waals surface area contributed by atoms with E-state index < -0.39 is 53.3 Å². The maximum atomic E-state index is 13.6. The summed E-state index contributed by atoms with van der Waals surface area (Å²) in [4.78, 5) is 40.8. The third-order valence-corrected chi connectivity index (χ3v) is 7.90. The molecule has 0 aromatic rings. The third-order valence-electron chi connectivity index (χ3n) is 7.90. The minimum Gasteiger partial charge on any atom is -0.459 e. The van der Waals surface area contributed by atoms with Crippen LogP contribution in [0.1, 0.15) is 88.0 Å². The third kappa shape index (κ3) is 10.8. The Morgan fingerprint density at radius 3 is 2.21 bits per heavy atom. The molecule has 10 heteroatoms. The van der Waals surface area contributed by atoms with Gasteiger partial charge in [0.05, 0.1) is 29.8 Å². The fraction of sp³-hybridized carbons (Fsp3) is 0.931. The van der Waals surface area contributed by atoms with Gasteiger partial charge in [-0.15, -0.1) is 0 Å². The minimum atomic E-state index is -1.44. The molecule has 1 aliphatic heterocycles. The molecule has 9 unspecified atom stereocenters. The van der Waals surface area contributed by atoms with Gasteiger partial charge in [-0.1, -0.05) is 27.7 Å². The highest BCUT2D eigenvalue weighted by atomic mass is 16.7. The van der Waals surface area contributed by atoms with Crippen molar-refractivity contribution in [3.8, 4) is 0 Å². The second-order valence-electron chi connectivity index (χ2n) is 12.5. The average molecular weight is 560 g/mol. The summed E-state index contributed by atoms with van der Waals surface area (Å²) in [5.74, 6) is -3.09.